The maximum Gasteiger partial charge on any atom is 0.254 e. The van der Waals surface area contributed by atoms with Crippen molar-refractivity contribution in [3.63, 3.8) is 0 Å². The normalized spacial score (nSPS) is 15.0. The molecule has 2 amide bonds. The molecule has 2 heterocycles. The summed E-state index contributed by atoms with van der Waals surface area (Å²) in [5, 5.41) is 2.07. The molecule has 0 aliphatic carbocycles. The van der Waals surface area contributed by atoms with Gasteiger partial charge in [0.2, 0.25) is 5.91 Å². The number of ether oxygens (including phenoxy) is 2. The van der Waals surface area contributed by atoms with Crippen LogP contribution in [0.5, 0.6) is 5.75 Å². The van der Waals surface area contributed by atoms with Crippen molar-refractivity contribution in [1.29, 1.82) is 0 Å². The predicted octanol–water partition coefficient (Wildman–Crippen LogP) is 4.35. The van der Waals surface area contributed by atoms with Gasteiger partial charge in [-0.15, -0.1) is 11.3 Å². The molecule has 7 heteroatoms. The second-order valence-corrected chi connectivity index (χ2v) is 9.36. The molecule has 4 rings (SSSR count). The SMILES string of the molecule is COCCN(CC(=O)N1CCc2sccc2[C@H]1COc1ccccc1)C(=O)c1ccc(C)cc1. The third-order valence-corrected chi connectivity index (χ3v) is 7.04. The lowest BCUT2D eigenvalue weighted by atomic mass is 10.0. The maximum absolute atomic E-state index is 13.6. The number of thiophene rings is 1. The second-order valence-electron chi connectivity index (χ2n) is 8.36. The molecule has 0 unspecified atom stereocenters. The molecule has 1 aliphatic rings. The number of fused-ring (bicyclic) bond motifs is 1. The van der Waals surface area contributed by atoms with E-state index in [4.69, 9.17) is 9.47 Å². The van der Waals surface area contributed by atoms with Gasteiger partial charge in [0.25, 0.3) is 5.91 Å². The molecule has 1 atom stereocenters. The number of benzene rings is 2. The van der Waals surface area contributed by atoms with Crippen LogP contribution in [0.25, 0.3) is 0 Å². The summed E-state index contributed by atoms with van der Waals surface area (Å²) in [6.45, 7) is 3.65. The molecule has 0 saturated heterocycles. The van der Waals surface area contributed by atoms with Crippen molar-refractivity contribution in [3.8, 4) is 5.75 Å². The van der Waals surface area contributed by atoms with Gasteiger partial charge in [0.05, 0.1) is 12.6 Å². The quantitative estimate of drug-likeness (QED) is 0.459. The largest absolute Gasteiger partial charge is 0.491 e. The van der Waals surface area contributed by atoms with Crippen molar-refractivity contribution >= 4 is 23.2 Å². The average Bonchev–Trinajstić information content (AvgIpc) is 3.35. The summed E-state index contributed by atoms with van der Waals surface area (Å²) in [5.74, 6) is 0.513. The Kier molecular flexibility index (Phi) is 7.98. The van der Waals surface area contributed by atoms with Gasteiger partial charge in [-0.3, -0.25) is 9.59 Å². The zero-order valence-electron chi connectivity index (χ0n) is 19.6. The number of hydrogen-bond donors (Lipinski definition) is 0. The van der Waals surface area contributed by atoms with E-state index in [9.17, 15) is 9.59 Å². The molecule has 3 aromatic rings. The molecule has 0 spiro atoms. The van der Waals surface area contributed by atoms with E-state index in [0.717, 1.165) is 23.3 Å². The average molecular weight is 479 g/mol. The molecule has 0 fully saturated rings. The van der Waals surface area contributed by atoms with Crippen LogP contribution in [0.3, 0.4) is 0 Å². The second kappa shape index (κ2) is 11.3. The van der Waals surface area contributed by atoms with Crippen LogP contribution in [-0.4, -0.2) is 61.6 Å². The minimum Gasteiger partial charge on any atom is -0.491 e. The Morgan fingerprint density at radius 3 is 2.59 bits per heavy atom. The molecule has 1 aliphatic heterocycles. The maximum atomic E-state index is 13.6. The first-order valence-electron chi connectivity index (χ1n) is 11.4. The lowest BCUT2D eigenvalue weighted by Gasteiger charge is -2.37. The van der Waals surface area contributed by atoms with Gasteiger partial charge in [-0.2, -0.15) is 0 Å². The van der Waals surface area contributed by atoms with Crippen molar-refractivity contribution in [2.45, 2.75) is 19.4 Å². The first-order valence-corrected chi connectivity index (χ1v) is 12.3. The number of amides is 2. The summed E-state index contributed by atoms with van der Waals surface area (Å²) in [7, 11) is 1.59. The Morgan fingerprint density at radius 2 is 1.85 bits per heavy atom. The number of para-hydroxylation sites is 1. The molecule has 1 aromatic heterocycles. The number of carbonyl (C=O) groups is 2. The molecular weight excluding hydrogens is 448 g/mol. The molecular formula is C27H30N2O4S. The molecule has 0 saturated carbocycles. The van der Waals surface area contributed by atoms with Crippen molar-refractivity contribution < 1.29 is 19.1 Å². The lowest BCUT2D eigenvalue weighted by molar-refractivity contribution is -0.135. The Balaban J connectivity index is 1.51. The van der Waals surface area contributed by atoms with E-state index in [-0.39, 0.29) is 24.4 Å². The molecule has 6 nitrogen and oxygen atoms in total. The molecule has 2 aromatic carbocycles. The fourth-order valence-corrected chi connectivity index (χ4v) is 5.08. The van der Waals surface area contributed by atoms with Crippen LogP contribution in [0.2, 0.25) is 0 Å². The monoisotopic (exact) mass is 478 g/mol. The summed E-state index contributed by atoms with van der Waals surface area (Å²) in [6.07, 6.45) is 0.810. The highest BCUT2D eigenvalue weighted by Crippen LogP contribution is 2.34. The topological polar surface area (TPSA) is 59.1 Å². The third-order valence-electron chi connectivity index (χ3n) is 6.04. The first-order chi connectivity index (χ1) is 16.6. The minimum absolute atomic E-state index is 0.00260. The molecule has 178 valence electrons. The van der Waals surface area contributed by atoms with Gasteiger partial charge < -0.3 is 19.3 Å². The van der Waals surface area contributed by atoms with Crippen LogP contribution in [0, 0.1) is 6.92 Å². The first kappa shape index (κ1) is 24.0. The summed E-state index contributed by atoms with van der Waals surface area (Å²) in [6, 6.07) is 18.9. The highest BCUT2D eigenvalue weighted by molar-refractivity contribution is 7.10. The number of rotatable bonds is 9. The van der Waals surface area contributed by atoms with E-state index >= 15 is 0 Å². The van der Waals surface area contributed by atoms with Gasteiger partial charge in [0.1, 0.15) is 18.9 Å². The summed E-state index contributed by atoms with van der Waals surface area (Å²) in [4.78, 5) is 31.5. The Hall–Kier alpha value is -3.16. The molecule has 34 heavy (non-hydrogen) atoms. The predicted molar refractivity (Wildman–Crippen MR) is 133 cm³/mol. The van der Waals surface area contributed by atoms with E-state index < -0.39 is 0 Å². The van der Waals surface area contributed by atoms with Gasteiger partial charge in [0, 0.05) is 30.6 Å². The van der Waals surface area contributed by atoms with E-state index in [0.29, 0.717) is 31.9 Å². The highest BCUT2D eigenvalue weighted by Gasteiger charge is 2.33. The smallest absolute Gasteiger partial charge is 0.254 e. The van der Waals surface area contributed by atoms with Crippen molar-refractivity contribution in [1.82, 2.24) is 9.80 Å². The van der Waals surface area contributed by atoms with Crippen molar-refractivity contribution in [3.05, 3.63) is 87.6 Å². The Bertz CT molecular complexity index is 1100. The highest BCUT2D eigenvalue weighted by atomic mass is 32.1. The van der Waals surface area contributed by atoms with Gasteiger partial charge >= 0.3 is 0 Å². The van der Waals surface area contributed by atoms with Gasteiger partial charge in [-0.05, 0) is 54.6 Å². The fraction of sp³-hybridized carbons (Fsp3) is 0.333. The number of aryl methyl sites for hydroxylation is 1. The van der Waals surface area contributed by atoms with Crippen LogP contribution in [0.15, 0.2) is 66.0 Å². The minimum atomic E-state index is -0.193. The standard InChI is InChI=1S/C27H30N2O4S/c1-20-8-10-21(11-9-20)27(31)28(15-16-32-2)18-26(30)29-14-12-25-23(13-17-34-25)24(29)19-33-22-6-4-3-5-7-22/h3-11,13,17,24H,12,14-16,18-19H2,1-2H3/t24-/m1/s1. The third kappa shape index (κ3) is 5.66. The molecule has 0 N–H and O–H groups in total. The zero-order valence-corrected chi connectivity index (χ0v) is 20.4. The number of methoxy groups -OCH3 is 1. The summed E-state index contributed by atoms with van der Waals surface area (Å²) in [5.41, 5.74) is 2.78. The number of hydrogen-bond acceptors (Lipinski definition) is 5. The number of nitrogens with zero attached hydrogens (tertiary/aromatic N) is 2. The van der Waals surface area contributed by atoms with E-state index in [1.165, 1.54) is 4.88 Å². The van der Waals surface area contributed by atoms with Crippen LogP contribution in [-0.2, 0) is 16.0 Å². The lowest BCUT2D eigenvalue weighted by Crippen LogP contribution is -2.48. The van der Waals surface area contributed by atoms with Crippen LogP contribution < -0.4 is 4.74 Å². The zero-order chi connectivity index (χ0) is 23.9. The number of carbonyl (C=O) groups excluding carboxylic acids is 2. The van der Waals surface area contributed by atoms with Crippen LogP contribution >= 0.6 is 11.3 Å². The summed E-state index contributed by atoms with van der Waals surface area (Å²) >= 11 is 1.72. The van der Waals surface area contributed by atoms with E-state index in [1.807, 2.05) is 54.3 Å². The van der Waals surface area contributed by atoms with Crippen LogP contribution in [0.1, 0.15) is 32.4 Å². The van der Waals surface area contributed by atoms with Gasteiger partial charge in [-0.1, -0.05) is 35.9 Å². The van der Waals surface area contributed by atoms with Crippen molar-refractivity contribution in [2.75, 3.05) is 40.0 Å². The summed E-state index contributed by atoms with van der Waals surface area (Å²) < 4.78 is 11.3. The van der Waals surface area contributed by atoms with Crippen molar-refractivity contribution in [2.24, 2.45) is 0 Å². The van der Waals surface area contributed by atoms with E-state index in [1.54, 1.807) is 35.5 Å². The van der Waals surface area contributed by atoms with Crippen LogP contribution in [0.4, 0.5) is 0 Å². The van der Waals surface area contributed by atoms with Gasteiger partial charge in [-0.25, -0.2) is 0 Å². The fourth-order valence-electron chi connectivity index (χ4n) is 4.15. The van der Waals surface area contributed by atoms with Gasteiger partial charge in [0.15, 0.2) is 0 Å². The van der Waals surface area contributed by atoms with E-state index in [2.05, 4.69) is 11.4 Å². The molecule has 0 radical (unpaired) electrons. The molecule has 0 bridgehead atoms. The Labute approximate surface area is 204 Å². The Morgan fingerprint density at radius 1 is 1.09 bits per heavy atom.